The van der Waals surface area contributed by atoms with Gasteiger partial charge in [-0.15, -0.1) is 5.10 Å². The van der Waals surface area contributed by atoms with E-state index in [0.717, 1.165) is 16.6 Å². The van der Waals surface area contributed by atoms with E-state index < -0.39 is 18.5 Å². The van der Waals surface area contributed by atoms with Crippen LogP contribution < -0.4 is 5.32 Å². The number of aromatic amines is 1. The maximum Gasteiger partial charge on any atom is 0.397 e. The molecule has 0 spiro atoms. The molecule has 0 saturated heterocycles. The van der Waals surface area contributed by atoms with Crippen LogP contribution in [0.1, 0.15) is 31.7 Å². The van der Waals surface area contributed by atoms with Crippen LogP contribution in [0.2, 0.25) is 0 Å². The second-order valence-electron chi connectivity index (χ2n) is 6.29. The molecule has 1 saturated carbocycles. The van der Waals surface area contributed by atoms with Crippen molar-refractivity contribution in [2.24, 2.45) is 0 Å². The number of aromatic nitrogens is 5. The maximum absolute atomic E-state index is 12.3. The van der Waals surface area contributed by atoms with Crippen molar-refractivity contribution in [1.82, 2.24) is 30.3 Å². The summed E-state index contributed by atoms with van der Waals surface area (Å²) in [6, 6.07) is 1.58. The highest BCUT2D eigenvalue weighted by Gasteiger charge is 2.34. The minimum absolute atomic E-state index is 0.0262. The van der Waals surface area contributed by atoms with Crippen LogP contribution in [0.4, 0.5) is 13.2 Å². The molecule has 1 aliphatic carbocycles. The average Bonchev–Trinajstić information content (AvgIpc) is 3.22. The van der Waals surface area contributed by atoms with Crippen LogP contribution in [0.5, 0.6) is 0 Å². The van der Waals surface area contributed by atoms with Gasteiger partial charge in [-0.1, -0.05) is 5.21 Å². The Labute approximate surface area is 139 Å². The Hall–Kier alpha value is -2.65. The fraction of sp³-hybridized carbons (Fsp3) is 0.467. The van der Waals surface area contributed by atoms with Gasteiger partial charge in [-0.2, -0.15) is 13.2 Å². The second-order valence-corrected chi connectivity index (χ2v) is 6.29. The van der Waals surface area contributed by atoms with E-state index in [2.05, 4.69) is 25.6 Å². The van der Waals surface area contributed by atoms with Crippen LogP contribution in [0.15, 0.2) is 18.5 Å². The van der Waals surface area contributed by atoms with Gasteiger partial charge in [0.1, 0.15) is 23.1 Å². The molecule has 10 heteroatoms. The molecule has 3 aromatic heterocycles. The van der Waals surface area contributed by atoms with E-state index in [0.29, 0.717) is 24.8 Å². The third kappa shape index (κ3) is 3.03. The van der Waals surface area contributed by atoms with E-state index in [1.54, 1.807) is 17.1 Å². The van der Waals surface area contributed by atoms with Gasteiger partial charge in [0.05, 0.1) is 12.2 Å². The lowest BCUT2D eigenvalue weighted by atomic mass is 10.2. The standard InChI is InChI=1S/C15H15F3N6O/c16-15(17,18)6-12(25)21-8-1-2-9(5-8)24-13-10-3-4-19-14(10)20-7-11(13)22-23-24/h3-4,7-9H,1-2,5-6H2,(H,19,20)(H,21,25). The molecule has 132 valence electrons. The summed E-state index contributed by atoms with van der Waals surface area (Å²) in [6.07, 6.45) is -0.678. The maximum atomic E-state index is 12.3. The fourth-order valence-corrected chi connectivity index (χ4v) is 3.47. The van der Waals surface area contributed by atoms with Crippen molar-refractivity contribution < 1.29 is 18.0 Å². The largest absolute Gasteiger partial charge is 0.397 e. The molecule has 0 radical (unpaired) electrons. The molecule has 1 aliphatic rings. The van der Waals surface area contributed by atoms with Crippen LogP contribution >= 0.6 is 0 Å². The van der Waals surface area contributed by atoms with Crippen LogP contribution in [-0.4, -0.2) is 43.1 Å². The average molecular weight is 352 g/mol. The van der Waals surface area contributed by atoms with Crippen molar-refractivity contribution in [3.8, 4) is 0 Å². The highest BCUT2D eigenvalue weighted by molar-refractivity contribution is 6.00. The first kappa shape index (κ1) is 15.9. The predicted molar refractivity (Wildman–Crippen MR) is 82.7 cm³/mol. The normalized spacial score (nSPS) is 21.2. The van der Waals surface area contributed by atoms with Gasteiger partial charge < -0.3 is 10.3 Å². The number of pyridine rings is 1. The van der Waals surface area contributed by atoms with E-state index in [1.165, 1.54) is 0 Å². The van der Waals surface area contributed by atoms with Gasteiger partial charge >= 0.3 is 6.18 Å². The molecular formula is C15H15F3N6O. The minimum Gasteiger partial charge on any atom is -0.353 e. The van der Waals surface area contributed by atoms with Crippen molar-refractivity contribution in [2.45, 2.75) is 43.9 Å². The van der Waals surface area contributed by atoms with E-state index in [9.17, 15) is 18.0 Å². The molecule has 25 heavy (non-hydrogen) atoms. The van der Waals surface area contributed by atoms with Gasteiger partial charge in [0.25, 0.3) is 0 Å². The summed E-state index contributed by atoms with van der Waals surface area (Å²) < 4.78 is 38.6. The molecule has 2 atom stereocenters. The Morgan fingerprint density at radius 3 is 3.04 bits per heavy atom. The Morgan fingerprint density at radius 2 is 2.24 bits per heavy atom. The van der Waals surface area contributed by atoms with Crippen molar-refractivity contribution >= 4 is 28.0 Å². The summed E-state index contributed by atoms with van der Waals surface area (Å²) in [4.78, 5) is 18.8. The zero-order chi connectivity index (χ0) is 17.6. The molecule has 3 aromatic rings. The number of hydrogen-bond donors (Lipinski definition) is 2. The van der Waals surface area contributed by atoms with Crippen molar-refractivity contribution in [2.75, 3.05) is 0 Å². The second kappa shape index (κ2) is 5.71. The van der Waals surface area contributed by atoms with Gasteiger partial charge in [0, 0.05) is 17.6 Å². The number of rotatable bonds is 3. The molecule has 1 fully saturated rings. The number of nitrogens with zero attached hydrogens (tertiary/aromatic N) is 4. The Balaban J connectivity index is 1.53. The summed E-state index contributed by atoms with van der Waals surface area (Å²) in [5, 5.41) is 11.7. The summed E-state index contributed by atoms with van der Waals surface area (Å²) in [5.74, 6) is -0.987. The van der Waals surface area contributed by atoms with Gasteiger partial charge in [0.15, 0.2) is 0 Å². The van der Waals surface area contributed by atoms with Crippen molar-refractivity contribution in [3.05, 3.63) is 18.5 Å². The fourth-order valence-electron chi connectivity index (χ4n) is 3.47. The predicted octanol–water partition coefficient (Wildman–Crippen LogP) is 2.47. The van der Waals surface area contributed by atoms with E-state index >= 15 is 0 Å². The molecule has 0 aromatic carbocycles. The topological polar surface area (TPSA) is 88.5 Å². The van der Waals surface area contributed by atoms with Crippen LogP contribution in [-0.2, 0) is 4.79 Å². The Kier molecular flexibility index (Phi) is 3.62. The molecule has 2 unspecified atom stereocenters. The van der Waals surface area contributed by atoms with Gasteiger partial charge in [-0.3, -0.25) is 4.79 Å². The van der Waals surface area contributed by atoms with Gasteiger partial charge in [-0.05, 0) is 25.3 Å². The molecule has 7 nitrogen and oxygen atoms in total. The number of nitrogens with one attached hydrogen (secondary N) is 2. The number of amides is 1. The number of alkyl halides is 3. The molecular weight excluding hydrogens is 337 g/mol. The molecule has 1 amide bonds. The quantitative estimate of drug-likeness (QED) is 0.758. The zero-order valence-electron chi connectivity index (χ0n) is 13.0. The summed E-state index contributed by atoms with van der Waals surface area (Å²) in [5.41, 5.74) is 2.24. The summed E-state index contributed by atoms with van der Waals surface area (Å²) >= 11 is 0. The van der Waals surface area contributed by atoms with Crippen LogP contribution in [0.25, 0.3) is 22.1 Å². The monoisotopic (exact) mass is 352 g/mol. The third-order valence-electron chi connectivity index (χ3n) is 4.49. The highest BCUT2D eigenvalue weighted by Crippen LogP contribution is 2.33. The number of carbonyl (C=O) groups excluding carboxylic acids is 1. The van der Waals surface area contributed by atoms with E-state index in [4.69, 9.17) is 0 Å². The van der Waals surface area contributed by atoms with Crippen molar-refractivity contribution in [3.63, 3.8) is 0 Å². The van der Waals surface area contributed by atoms with E-state index in [-0.39, 0.29) is 12.1 Å². The SMILES string of the molecule is O=C(CC(F)(F)F)NC1CCC(n2nnc3cnc4[nH]ccc4c32)C1. The van der Waals surface area contributed by atoms with Crippen LogP contribution in [0, 0.1) is 0 Å². The van der Waals surface area contributed by atoms with Gasteiger partial charge in [0.2, 0.25) is 5.91 Å². The number of hydrogen-bond acceptors (Lipinski definition) is 4. The van der Waals surface area contributed by atoms with Crippen LogP contribution in [0.3, 0.4) is 0 Å². The first-order valence-electron chi connectivity index (χ1n) is 7.94. The smallest absolute Gasteiger partial charge is 0.353 e. The first-order valence-corrected chi connectivity index (χ1v) is 7.94. The summed E-state index contributed by atoms with van der Waals surface area (Å²) in [6.45, 7) is 0. The lowest BCUT2D eigenvalue weighted by Gasteiger charge is -2.15. The molecule has 3 heterocycles. The lowest BCUT2D eigenvalue weighted by molar-refractivity contribution is -0.154. The van der Waals surface area contributed by atoms with E-state index in [1.807, 2.05) is 6.07 Å². The minimum atomic E-state index is -4.49. The Bertz CT molecular complexity index is 930. The third-order valence-corrected chi connectivity index (χ3v) is 4.49. The molecule has 0 aliphatic heterocycles. The number of halogens is 3. The zero-order valence-corrected chi connectivity index (χ0v) is 13.0. The number of carbonyl (C=O) groups is 1. The first-order chi connectivity index (χ1) is 11.9. The van der Waals surface area contributed by atoms with Gasteiger partial charge in [-0.25, -0.2) is 9.67 Å². The molecule has 0 bridgehead atoms. The summed E-state index contributed by atoms with van der Waals surface area (Å²) in [7, 11) is 0. The highest BCUT2D eigenvalue weighted by atomic mass is 19.4. The Morgan fingerprint density at radius 1 is 1.40 bits per heavy atom. The molecule has 2 N–H and O–H groups in total. The number of fused-ring (bicyclic) bond motifs is 3. The molecule has 4 rings (SSSR count). The lowest BCUT2D eigenvalue weighted by Crippen LogP contribution is -2.35. The number of H-pyrrole nitrogens is 1. The van der Waals surface area contributed by atoms with Crippen molar-refractivity contribution in [1.29, 1.82) is 0 Å².